The fraction of sp³-hybridized carbons (Fsp3) is 0.333. The van der Waals surface area contributed by atoms with Gasteiger partial charge in [-0.1, -0.05) is 35.9 Å². The van der Waals surface area contributed by atoms with E-state index in [1.54, 1.807) is 12.1 Å². The van der Waals surface area contributed by atoms with Crippen molar-refractivity contribution in [3.05, 3.63) is 87.6 Å². The van der Waals surface area contributed by atoms with Crippen LogP contribution in [0, 0.1) is 26.6 Å². The Balaban J connectivity index is 0.00000240. The molecule has 29 heavy (non-hydrogen) atoms. The van der Waals surface area contributed by atoms with Gasteiger partial charge in [-0.15, -0.1) is 12.4 Å². The van der Waals surface area contributed by atoms with Crippen LogP contribution in [0.5, 0.6) is 0 Å². The largest absolute Gasteiger partial charge is 0.349 e. The van der Waals surface area contributed by atoms with E-state index in [2.05, 4.69) is 43.9 Å². The molecule has 152 valence electrons. The first-order valence-electron chi connectivity index (χ1n) is 9.87. The van der Waals surface area contributed by atoms with Crippen LogP contribution < -0.4 is 4.90 Å². The zero-order valence-electron chi connectivity index (χ0n) is 17.4. The van der Waals surface area contributed by atoms with E-state index in [9.17, 15) is 4.39 Å². The molecule has 0 saturated heterocycles. The van der Waals surface area contributed by atoms with Gasteiger partial charge in [0, 0.05) is 24.2 Å². The van der Waals surface area contributed by atoms with Crippen molar-refractivity contribution in [2.45, 2.75) is 46.6 Å². The molecule has 5 heteroatoms. The number of aryl methyl sites for hydroxylation is 2. The minimum Gasteiger partial charge on any atom is -0.349 e. The highest BCUT2D eigenvalue weighted by atomic mass is 35.5. The summed E-state index contributed by atoms with van der Waals surface area (Å²) in [5.41, 5.74) is 7.27. The molecular weight excluding hydrogens is 385 g/mol. The van der Waals surface area contributed by atoms with Crippen LogP contribution in [0.15, 0.2) is 42.5 Å². The second-order valence-electron chi connectivity index (χ2n) is 7.80. The molecular formula is C24H27ClFN3. The van der Waals surface area contributed by atoms with E-state index in [-0.39, 0.29) is 24.3 Å². The second-order valence-corrected chi connectivity index (χ2v) is 7.80. The number of rotatable bonds is 3. The lowest BCUT2D eigenvalue weighted by Gasteiger charge is -2.37. The summed E-state index contributed by atoms with van der Waals surface area (Å²) in [7, 11) is 0. The maximum atomic E-state index is 13.2. The van der Waals surface area contributed by atoms with E-state index >= 15 is 0 Å². The smallest absolute Gasteiger partial charge is 0.136 e. The molecule has 1 unspecified atom stereocenters. The molecule has 0 bridgehead atoms. The number of halogens is 2. The van der Waals surface area contributed by atoms with Crippen molar-refractivity contribution in [2.24, 2.45) is 0 Å². The topological polar surface area (TPSA) is 29.0 Å². The van der Waals surface area contributed by atoms with Crippen LogP contribution in [0.25, 0.3) is 0 Å². The van der Waals surface area contributed by atoms with Crippen LogP contribution in [-0.2, 0) is 12.8 Å². The molecule has 2 aromatic carbocycles. The van der Waals surface area contributed by atoms with Crippen molar-refractivity contribution in [1.82, 2.24) is 9.97 Å². The van der Waals surface area contributed by atoms with Gasteiger partial charge < -0.3 is 4.90 Å². The Morgan fingerprint density at radius 2 is 1.76 bits per heavy atom. The highest BCUT2D eigenvalue weighted by Crippen LogP contribution is 2.35. The van der Waals surface area contributed by atoms with Crippen molar-refractivity contribution >= 4 is 18.2 Å². The fourth-order valence-corrected chi connectivity index (χ4v) is 4.04. The molecule has 1 aliphatic rings. The molecule has 0 aliphatic carbocycles. The lowest BCUT2D eigenvalue weighted by Crippen LogP contribution is -2.35. The third-order valence-electron chi connectivity index (χ3n) is 5.80. The standard InChI is InChI=1S/C24H26FN3.ClH/c1-15-5-8-20-11-12-28(18(4)22(20)13-15)24-16(2)17(3)26-23(27-24)14-19-6-9-21(25)10-7-19;/h5-10,13,18H,11-12,14H2,1-4H3;1H. The highest BCUT2D eigenvalue weighted by molar-refractivity contribution is 5.85. The second kappa shape index (κ2) is 8.50. The summed E-state index contributed by atoms with van der Waals surface area (Å²) >= 11 is 0. The van der Waals surface area contributed by atoms with Gasteiger partial charge in [0.05, 0.1) is 6.04 Å². The first-order valence-corrected chi connectivity index (χ1v) is 9.87. The first kappa shape index (κ1) is 21.3. The molecule has 3 aromatic rings. The Bertz CT molecular complexity index is 1020. The lowest BCUT2D eigenvalue weighted by atomic mass is 9.91. The van der Waals surface area contributed by atoms with Crippen LogP contribution >= 0.6 is 12.4 Å². The van der Waals surface area contributed by atoms with Gasteiger partial charge >= 0.3 is 0 Å². The summed E-state index contributed by atoms with van der Waals surface area (Å²) < 4.78 is 13.2. The van der Waals surface area contributed by atoms with Crippen molar-refractivity contribution in [3.63, 3.8) is 0 Å². The summed E-state index contributed by atoms with van der Waals surface area (Å²) in [6.07, 6.45) is 1.63. The van der Waals surface area contributed by atoms with E-state index in [1.807, 2.05) is 6.92 Å². The fourth-order valence-electron chi connectivity index (χ4n) is 4.04. The van der Waals surface area contributed by atoms with E-state index in [4.69, 9.17) is 9.97 Å². The van der Waals surface area contributed by atoms with Gasteiger partial charge in [-0.3, -0.25) is 0 Å². The monoisotopic (exact) mass is 411 g/mol. The number of hydrogen-bond acceptors (Lipinski definition) is 3. The number of aromatic nitrogens is 2. The molecule has 0 fully saturated rings. The summed E-state index contributed by atoms with van der Waals surface area (Å²) in [5.74, 6) is 1.58. The van der Waals surface area contributed by atoms with Gasteiger partial charge in [0.25, 0.3) is 0 Å². The first-order chi connectivity index (χ1) is 13.4. The quantitative estimate of drug-likeness (QED) is 0.555. The van der Waals surface area contributed by atoms with Gasteiger partial charge in [0.1, 0.15) is 17.5 Å². The van der Waals surface area contributed by atoms with Crippen LogP contribution in [-0.4, -0.2) is 16.5 Å². The molecule has 1 aromatic heterocycles. The van der Waals surface area contributed by atoms with Gasteiger partial charge in [-0.2, -0.15) is 0 Å². The summed E-state index contributed by atoms with van der Waals surface area (Å²) in [6, 6.07) is 13.6. The van der Waals surface area contributed by atoms with E-state index < -0.39 is 0 Å². The average molecular weight is 412 g/mol. The molecule has 0 N–H and O–H groups in total. The van der Waals surface area contributed by atoms with Crippen LogP contribution in [0.1, 0.15) is 52.3 Å². The zero-order chi connectivity index (χ0) is 19.8. The summed E-state index contributed by atoms with van der Waals surface area (Å²) in [5, 5.41) is 0. The Labute approximate surface area is 178 Å². The Morgan fingerprint density at radius 3 is 2.48 bits per heavy atom. The maximum Gasteiger partial charge on any atom is 0.136 e. The van der Waals surface area contributed by atoms with Crippen molar-refractivity contribution in [3.8, 4) is 0 Å². The predicted molar refractivity (Wildman–Crippen MR) is 119 cm³/mol. The number of benzene rings is 2. The number of nitrogens with zero attached hydrogens (tertiary/aromatic N) is 3. The molecule has 2 heterocycles. The van der Waals surface area contributed by atoms with Crippen LogP contribution in [0.4, 0.5) is 10.2 Å². The maximum absolute atomic E-state index is 13.2. The molecule has 0 saturated carbocycles. The van der Waals surface area contributed by atoms with E-state index in [1.165, 1.54) is 28.8 Å². The number of anilines is 1. The summed E-state index contributed by atoms with van der Waals surface area (Å²) in [6.45, 7) is 9.50. The summed E-state index contributed by atoms with van der Waals surface area (Å²) in [4.78, 5) is 12.0. The average Bonchev–Trinajstić information content (AvgIpc) is 2.67. The Kier molecular flexibility index (Phi) is 6.23. The molecule has 3 nitrogen and oxygen atoms in total. The number of hydrogen-bond donors (Lipinski definition) is 0. The third-order valence-corrected chi connectivity index (χ3v) is 5.80. The Morgan fingerprint density at radius 1 is 1.03 bits per heavy atom. The van der Waals surface area contributed by atoms with Crippen molar-refractivity contribution in [1.29, 1.82) is 0 Å². The van der Waals surface area contributed by atoms with Crippen LogP contribution in [0.2, 0.25) is 0 Å². The SMILES string of the molecule is Cc1ccc2c(c1)C(C)N(c1nc(Cc3ccc(F)cc3)nc(C)c1C)CC2.Cl. The van der Waals surface area contributed by atoms with Gasteiger partial charge in [0.15, 0.2) is 0 Å². The van der Waals surface area contributed by atoms with Gasteiger partial charge in [0.2, 0.25) is 0 Å². The lowest BCUT2D eigenvalue weighted by molar-refractivity contribution is 0.611. The molecule has 0 radical (unpaired) electrons. The van der Waals surface area contributed by atoms with Gasteiger partial charge in [-0.05, 0) is 62.9 Å². The molecule has 0 amide bonds. The molecule has 1 atom stereocenters. The zero-order valence-corrected chi connectivity index (χ0v) is 18.2. The van der Waals surface area contributed by atoms with Gasteiger partial charge in [-0.25, -0.2) is 14.4 Å². The van der Waals surface area contributed by atoms with Crippen molar-refractivity contribution in [2.75, 3.05) is 11.4 Å². The molecule has 0 spiro atoms. The molecule has 4 rings (SSSR count). The van der Waals surface area contributed by atoms with Crippen LogP contribution in [0.3, 0.4) is 0 Å². The normalized spacial score (nSPS) is 15.6. The minimum absolute atomic E-state index is 0. The highest BCUT2D eigenvalue weighted by Gasteiger charge is 2.27. The number of fused-ring (bicyclic) bond motifs is 1. The molecule has 1 aliphatic heterocycles. The van der Waals surface area contributed by atoms with Crippen molar-refractivity contribution < 1.29 is 4.39 Å². The third kappa shape index (κ3) is 4.27. The van der Waals surface area contributed by atoms with E-state index in [0.29, 0.717) is 6.42 Å². The van der Waals surface area contributed by atoms with E-state index in [0.717, 1.165) is 41.4 Å². The Hall–Kier alpha value is -2.46. The minimum atomic E-state index is -0.221. The predicted octanol–water partition coefficient (Wildman–Crippen LogP) is 5.68.